The van der Waals surface area contributed by atoms with Crippen LogP contribution >= 0.6 is 0 Å². The second-order valence-electron chi connectivity index (χ2n) is 5.75. The summed E-state index contributed by atoms with van der Waals surface area (Å²) in [7, 11) is 0. The molecule has 0 atom stereocenters. The molecule has 0 amide bonds. The van der Waals surface area contributed by atoms with Crippen molar-refractivity contribution in [1.82, 2.24) is 0 Å². The maximum atomic E-state index is 6.10. The van der Waals surface area contributed by atoms with Crippen LogP contribution < -0.4 is 10.6 Å². The first-order valence-corrected chi connectivity index (χ1v) is 6.09. The molecule has 16 heavy (non-hydrogen) atoms. The molecule has 1 aromatic carbocycles. The van der Waals surface area contributed by atoms with Gasteiger partial charge in [0.2, 0.25) is 0 Å². The van der Waals surface area contributed by atoms with Crippen molar-refractivity contribution in [2.75, 3.05) is 23.7 Å². The van der Waals surface area contributed by atoms with Crippen molar-refractivity contribution in [2.45, 2.75) is 33.6 Å². The smallest absolute Gasteiger partial charge is 0.0600 e. The van der Waals surface area contributed by atoms with Gasteiger partial charge in [-0.15, -0.1) is 0 Å². The van der Waals surface area contributed by atoms with E-state index in [1.165, 1.54) is 24.1 Å². The number of nitrogen functional groups attached to an aromatic ring is 1. The zero-order valence-electron chi connectivity index (χ0n) is 10.6. The minimum absolute atomic E-state index is 0.412. The van der Waals surface area contributed by atoms with Crippen molar-refractivity contribution in [3.05, 3.63) is 23.8 Å². The van der Waals surface area contributed by atoms with E-state index in [1.807, 2.05) is 0 Å². The molecule has 1 saturated heterocycles. The quantitative estimate of drug-likeness (QED) is 0.733. The first-order chi connectivity index (χ1) is 7.48. The maximum Gasteiger partial charge on any atom is 0.0600 e. The Hall–Kier alpha value is -1.18. The van der Waals surface area contributed by atoms with Crippen LogP contribution in [-0.2, 0) is 0 Å². The number of nitrogens with two attached hydrogens (primary N) is 1. The van der Waals surface area contributed by atoms with Crippen molar-refractivity contribution in [3.63, 3.8) is 0 Å². The molecule has 1 aliphatic rings. The fourth-order valence-electron chi connectivity index (χ4n) is 2.59. The molecule has 0 aliphatic carbocycles. The number of hydrogen-bond acceptors (Lipinski definition) is 2. The third-order valence-electron chi connectivity index (χ3n) is 3.42. The summed E-state index contributed by atoms with van der Waals surface area (Å²) in [4.78, 5) is 2.43. The number of benzene rings is 1. The molecule has 0 bridgehead atoms. The molecular formula is C14H22N2. The van der Waals surface area contributed by atoms with E-state index in [9.17, 15) is 0 Å². The van der Waals surface area contributed by atoms with Gasteiger partial charge in [-0.1, -0.05) is 19.9 Å². The lowest BCUT2D eigenvalue weighted by atomic mass is 9.84. The van der Waals surface area contributed by atoms with Crippen molar-refractivity contribution in [1.29, 1.82) is 0 Å². The van der Waals surface area contributed by atoms with Gasteiger partial charge in [0.1, 0.15) is 0 Å². The van der Waals surface area contributed by atoms with Gasteiger partial charge in [-0.05, 0) is 42.9 Å². The van der Waals surface area contributed by atoms with Crippen molar-refractivity contribution >= 4 is 11.4 Å². The highest BCUT2D eigenvalue weighted by atomic mass is 15.1. The highest BCUT2D eigenvalue weighted by Crippen LogP contribution is 2.34. The molecule has 2 rings (SSSR count). The van der Waals surface area contributed by atoms with Gasteiger partial charge in [0.25, 0.3) is 0 Å². The standard InChI is InChI=1S/C14H22N2/c1-11-5-6-13(12(15)9-11)16-8-4-7-14(2,3)10-16/h5-6,9H,4,7-8,10,15H2,1-3H3. The summed E-state index contributed by atoms with van der Waals surface area (Å²) in [5.41, 5.74) is 9.87. The summed E-state index contributed by atoms with van der Waals surface area (Å²) >= 11 is 0. The van der Waals surface area contributed by atoms with Gasteiger partial charge in [0.15, 0.2) is 0 Å². The Kier molecular flexibility index (Phi) is 2.83. The van der Waals surface area contributed by atoms with E-state index in [0.717, 1.165) is 18.8 Å². The summed E-state index contributed by atoms with van der Waals surface area (Å²) in [5.74, 6) is 0. The molecule has 1 aliphatic heterocycles. The summed E-state index contributed by atoms with van der Waals surface area (Å²) in [6, 6.07) is 6.37. The molecular weight excluding hydrogens is 196 g/mol. The summed E-state index contributed by atoms with van der Waals surface area (Å²) < 4.78 is 0. The number of nitrogens with zero attached hydrogens (tertiary/aromatic N) is 1. The van der Waals surface area contributed by atoms with Crippen LogP contribution in [0, 0.1) is 12.3 Å². The second kappa shape index (κ2) is 4.00. The minimum atomic E-state index is 0.412. The molecule has 1 aromatic rings. The van der Waals surface area contributed by atoms with Gasteiger partial charge in [0.05, 0.1) is 11.4 Å². The topological polar surface area (TPSA) is 29.3 Å². The predicted molar refractivity (Wildman–Crippen MR) is 70.8 cm³/mol. The van der Waals surface area contributed by atoms with Crippen molar-refractivity contribution < 1.29 is 0 Å². The largest absolute Gasteiger partial charge is 0.397 e. The van der Waals surface area contributed by atoms with Gasteiger partial charge >= 0.3 is 0 Å². The van der Waals surface area contributed by atoms with Crippen molar-refractivity contribution in [2.24, 2.45) is 5.41 Å². The Labute approximate surface area is 98.4 Å². The molecule has 2 N–H and O–H groups in total. The van der Waals surface area contributed by atoms with E-state index in [2.05, 4.69) is 43.9 Å². The van der Waals surface area contributed by atoms with E-state index in [4.69, 9.17) is 5.73 Å². The minimum Gasteiger partial charge on any atom is -0.397 e. The monoisotopic (exact) mass is 218 g/mol. The van der Waals surface area contributed by atoms with Crippen LogP contribution in [0.25, 0.3) is 0 Å². The molecule has 1 heterocycles. The highest BCUT2D eigenvalue weighted by molar-refractivity contribution is 5.68. The molecule has 0 radical (unpaired) electrons. The van der Waals surface area contributed by atoms with Gasteiger partial charge < -0.3 is 10.6 Å². The first-order valence-electron chi connectivity index (χ1n) is 6.09. The summed E-state index contributed by atoms with van der Waals surface area (Å²) in [6.07, 6.45) is 2.58. The number of aryl methyl sites for hydroxylation is 1. The molecule has 0 unspecified atom stereocenters. The van der Waals surface area contributed by atoms with Gasteiger partial charge in [-0.3, -0.25) is 0 Å². The Morgan fingerprint density at radius 3 is 2.69 bits per heavy atom. The Morgan fingerprint density at radius 1 is 1.31 bits per heavy atom. The third-order valence-corrected chi connectivity index (χ3v) is 3.42. The van der Waals surface area contributed by atoms with E-state index in [-0.39, 0.29) is 0 Å². The number of rotatable bonds is 1. The van der Waals surface area contributed by atoms with Gasteiger partial charge in [-0.25, -0.2) is 0 Å². The molecule has 0 aromatic heterocycles. The SMILES string of the molecule is Cc1ccc(N2CCCC(C)(C)C2)c(N)c1. The lowest BCUT2D eigenvalue weighted by Gasteiger charge is -2.40. The molecule has 2 heteroatoms. The van der Waals surface area contributed by atoms with Gasteiger partial charge in [-0.2, -0.15) is 0 Å². The molecule has 2 nitrogen and oxygen atoms in total. The normalized spacial score (nSPS) is 19.8. The molecule has 1 fully saturated rings. The highest BCUT2D eigenvalue weighted by Gasteiger charge is 2.27. The fraction of sp³-hybridized carbons (Fsp3) is 0.571. The maximum absolute atomic E-state index is 6.10. The zero-order valence-corrected chi connectivity index (χ0v) is 10.6. The Morgan fingerprint density at radius 2 is 2.06 bits per heavy atom. The summed E-state index contributed by atoms with van der Waals surface area (Å²) in [5, 5.41) is 0. The molecule has 0 spiro atoms. The van der Waals surface area contributed by atoms with Crippen molar-refractivity contribution in [3.8, 4) is 0 Å². The fourth-order valence-corrected chi connectivity index (χ4v) is 2.59. The number of anilines is 2. The average Bonchev–Trinajstić information content (AvgIpc) is 2.15. The number of hydrogen-bond donors (Lipinski definition) is 1. The molecule has 0 saturated carbocycles. The van der Waals surface area contributed by atoms with Crippen LogP contribution in [0.4, 0.5) is 11.4 Å². The lowest BCUT2D eigenvalue weighted by molar-refractivity contribution is 0.293. The average molecular weight is 218 g/mol. The predicted octanol–water partition coefficient (Wildman–Crippen LogP) is 3.20. The van der Waals surface area contributed by atoms with Crippen LogP contribution in [0.15, 0.2) is 18.2 Å². The number of piperidine rings is 1. The van der Waals surface area contributed by atoms with Crippen LogP contribution in [0.2, 0.25) is 0 Å². The first kappa shape index (κ1) is 11.3. The van der Waals surface area contributed by atoms with Crippen LogP contribution in [0.1, 0.15) is 32.3 Å². The van der Waals surface area contributed by atoms with E-state index in [1.54, 1.807) is 0 Å². The lowest BCUT2D eigenvalue weighted by Crippen LogP contribution is -2.40. The second-order valence-corrected chi connectivity index (χ2v) is 5.75. The van der Waals surface area contributed by atoms with E-state index >= 15 is 0 Å². The Bertz CT molecular complexity index is 382. The molecule has 88 valence electrons. The zero-order chi connectivity index (χ0) is 11.8. The van der Waals surface area contributed by atoms with E-state index in [0.29, 0.717) is 5.41 Å². The van der Waals surface area contributed by atoms with E-state index < -0.39 is 0 Å². The van der Waals surface area contributed by atoms with Crippen LogP contribution in [0.5, 0.6) is 0 Å². The van der Waals surface area contributed by atoms with Gasteiger partial charge in [0, 0.05) is 13.1 Å². The third kappa shape index (κ3) is 2.31. The van der Waals surface area contributed by atoms with Crippen LogP contribution in [-0.4, -0.2) is 13.1 Å². The summed E-state index contributed by atoms with van der Waals surface area (Å²) in [6.45, 7) is 9.00. The Balaban J connectivity index is 2.23. The van der Waals surface area contributed by atoms with Crippen LogP contribution in [0.3, 0.4) is 0 Å².